The summed E-state index contributed by atoms with van der Waals surface area (Å²) in [5.41, 5.74) is 0.950. The second-order valence-corrected chi connectivity index (χ2v) is 9.91. The lowest BCUT2D eigenvalue weighted by Gasteiger charge is -2.33. The van der Waals surface area contributed by atoms with Crippen molar-refractivity contribution >= 4 is 39.2 Å². The predicted molar refractivity (Wildman–Crippen MR) is 118 cm³/mol. The summed E-state index contributed by atoms with van der Waals surface area (Å²) in [4.78, 5) is 34.2. The maximum absolute atomic E-state index is 13.0. The average Bonchev–Trinajstić information content (AvgIpc) is 2.96. The molecule has 1 fully saturated rings. The number of nitrogens with zero attached hydrogens (tertiary/aromatic N) is 3. The van der Waals surface area contributed by atoms with E-state index in [9.17, 15) is 9.59 Å². The first-order chi connectivity index (χ1) is 13.3. The monoisotopic (exact) mass is 419 g/mol. The van der Waals surface area contributed by atoms with E-state index in [0.29, 0.717) is 28.9 Å². The van der Waals surface area contributed by atoms with Crippen LogP contribution in [-0.2, 0) is 11.3 Å². The van der Waals surface area contributed by atoms with E-state index in [4.69, 9.17) is 4.98 Å². The molecule has 2 aromatic heterocycles. The highest BCUT2D eigenvalue weighted by molar-refractivity contribution is 7.99. The molecule has 0 spiro atoms. The highest BCUT2D eigenvalue weighted by Crippen LogP contribution is 2.29. The van der Waals surface area contributed by atoms with E-state index < -0.39 is 0 Å². The Morgan fingerprint density at radius 1 is 1.36 bits per heavy atom. The van der Waals surface area contributed by atoms with Crippen LogP contribution in [-0.4, -0.2) is 39.2 Å². The van der Waals surface area contributed by atoms with Gasteiger partial charge < -0.3 is 4.90 Å². The van der Waals surface area contributed by atoms with E-state index in [1.165, 1.54) is 35.9 Å². The van der Waals surface area contributed by atoms with Gasteiger partial charge in [-0.2, -0.15) is 0 Å². The van der Waals surface area contributed by atoms with Gasteiger partial charge in [-0.3, -0.25) is 14.2 Å². The Morgan fingerprint density at radius 2 is 2.04 bits per heavy atom. The van der Waals surface area contributed by atoms with Crippen LogP contribution in [0, 0.1) is 19.8 Å². The molecule has 1 amide bonds. The summed E-state index contributed by atoms with van der Waals surface area (Å²) < 4.78 is 1.63. The number of thioether (sulfide) groups is 1. The van der Waals surface area contributed by atoms with Crippen LogP contribution in [0.15, 0.2) is 22.6 Å². The topological polar surface area (TPSA) is 55.2 Å². The van der Waals surface area contributed by atoms with Crippen molar-refractivity contribution in [2.75, 3.05) is 12.8 Å². The minimum atomic E-state index is -0.0451. The van der Waals surface area contributed by atoms with Crippen LogP contribution >= 0.6 is 23.1 Å². The van der Waals surface area contributed by atoms with Crippen LogP contribution in [0.3, 0.4) is 0 Å². The lowest BCUT2D eigenvalue weighted by atomic mass is 9.87. The number of allylic oxidation sites excluding steroid dienone is 1. The molecule has 0 unspecified atom stereocenters. The first-order valence-electron chi connectivity index (χ1n) is 9.83. The normalized spacial score (nSPS) is 19.7. The Morgan fingerprint density at radius 3 is 2.68 bits per heavy atom. The summed E-state index contributed by atoms with van der Waals surface area (Å²) in [5.74, 6) is 1.15. The minimum absolute atomic E-state index is 0.0451. The molecule has 152 valence electrons. The summed E-state index contributed by atoms with van der Waals surface area (Å²) >= 11 is 2.89. The zero-order valence-corrected chi connectivity index (χ0v) is 18.8. The molecule has 0 saturated heterocycles. The first-order valence-corrected chi connectivity index (χ1v) is 11.6. The number of carbonyl (C=O) groups excluding carboxylic acids is 1. The van der Waals surface area contributed by atoms with Gasteiger partial charge in [0, 0.05) is 24.5 Å². The molecule has 0 radical (unpaired) electrons. The summed E-state index contributed by atoms with van der Waals surface area (Å²) in [7, 11) is 1.91. The first kappa shape index (κ1) is 21.1. The number of aromatic nitrogens is 2. The molecule has 0 bridgehead atoms. The molecule has 5 nitrogen and oxygen atoms in total. The standard InChI is InChI=1S/C21H29N3O2S2/c1-6-11-24-20(26)18-14(3)15(4)28-19(18)22-21(24)27-12-17(25)23(5)16-9-7-13(2)8-10-16/h6,13,16H,1,7-12H2,2-5H3. The molecule has 0 atom stereocenters. The average molecular weight is 420 g/mol. The molecule has 28 heavy (non-hydrogen) atoms. The van der Waals surface area contributed by atoms with Gasteiger partial charge in [-0.1, -0.05) is 24.8 Å². The molecule has 0 aromatic carbocycles. The van der Waals surface area contributed by atoms with Gasteiger partial charge in [0.05, 0.1) is 11.1 Å². The quantitative estimate of drug-likeness (QED) is 0.396. The molecule has 2 aromatic rings. The molecule has 1 saturated carbocycles. The van der Waals surface area contributed by atoms with Gasteiger partial charge in [0.15, 0.2) is 5.16 Å². The number of fused-ring (bicyclic) bond motifs is 1. The van der Waals surface area contributed by atoms with E-state index in [0.717, 1.165) is 34.0 Å². The Kier molecular flexibility index (Phi) is 6.65. The SMILES string of the molecule is C=CCn1c(SCC(=O)N(C)C2CCC(C)CC2)nc2sc(C)c(C)c2c1=O. The zero-order chi connectivity index (χ0) is 20.4. The summed E-state index contributed by atoms with van der Waals surface area (Å²) in [6.07, 6.45) is 6.22. The lowest BCUT2D eigenvalue weighted by Crippen LogP contribution is -2.40. The Bertz CT molecular complexity index is 939. The maximum atomic E-state index is 13.0. The third kappa shape index (κ3) is 4.20. The fourth-order valence-corrected chi connectivity index (χ4v) is 5.77. The maximum Gasteiger partial charge on any atom is 0.263 e. The van der Waals surface area contributed by atoms with Crippen LogP contribution in [0.2, 0.25) is 0 Å². The van der Waals surface area contributed by atoms with Crippen molar-refractivity contribution < 1.29 is 4.79 Å². The number of hydrogen-bond acceptors (Lipinski definition) is 5. The minimum Gasteiger partial charge on any atom is -0.342 e. The number of aryl methyl sites for hydroxylation is 2. The lowest BCUT2D eigenvalue weighted by molar-refractivity contribution is -0.129. The predicted octanol–water partition coefficient (Wildman–Crippen LogP) is 4.39. The van der Waals surface area contributed by atoms with E-state index in [2.05, 4.69) is 13.5 Å². The molecular weight excluding hydrogens is 390 g/mol. The van der Waals surface area contributed by atoms with Crippen LogP contribution in [0.5, 0.6) is 0 Å². The van der Waals surface area contributed by atoms with E-state index >= 15 is 0 Å². The molecular formula is C21H29N3O2S2. The second-order valence-electron chi connectivity index (χ2n) is 7.77. The van der Waals surface area contributed by atoms with Crippen molar-refractivity contribution in [1.82, 2.24) is 14.5 Å². The zero-order valence-electron chi connectivity index (χ0n) is 17.2. The van der Waals surface area contributed by atoms with Crippen LogP contribution < -0.4 is 5.56 Å². The van der Waals surface area contributed by atoms with Crippen LogP contribution in [0.1, 0.15) is 43.0 Å². The van der Waals surface area contributed by atoms with Crippen LogP contribution in [0.4, 0.5) is 0 Å². The highest BCUT2D eigenvalue weighted by atomic mass is 32.2. The number of hydrogen-bond donors (Lipinski definition) is 0. The third-order valence-electron chi connectivity index (χ3n) is 5.82. The molecule has 0 N–H and O–H groups in total. The van der Waals surface area contributed by atoms with Crippen LogP contribution in [0.25, 0.3) is 10.2 Å². The van der Waals surface area contributed by atoms with Crippen molar-refractivity contribution in [2.24, 2.45) is 5.92 Å². The fraction of sp³-hybridized carbons (Fsp3) is 0.571. The van der Waals surface area contributed by atoms with Crippen molar-refractivity contribution in [3.8, 4) is 0 Å². The van der Waals surface area contributed by atoms with Gasteiger partial charge in [-0.25, -0.2) is 4.98 Å². The third-order valence-corrected chi connectivity index (χ3v) is 7.88. The van der Waals surface area contributed by atoms with Gasteiger partial charge in [0.25, 0.3) is 5.56 Å². The van der Waals surface area contributed by atoms with Crippen molar-refractivity contribution in [3.05, 3.63) is 33.4 Å². The van der Waals surface area contributed by atoms with E-state index in [1.807, 2.05) is 25.8 Å². The Labute approximate surface area is 174 Å². The van der Waals surface area contributed by atoms with Crippen molar-refractivity contribution in [3.63, 3.8) is 0 Å². The second kappa shape index (κ2) is 8.82. The van der Waals surface area contributed by atoms with Crippen molar-refractivity contribution in [1.29, 1.82) is 0 Å². The molecule has 1 aliphatic carbocycles. The summed E-state index contributed by atoms with van der Waals surface area (Å²) in [6.45, 7) is 10.4. The highest BCUT2D eigenvalue weighted by Gasteiger charge is 2.25. The van der Waals surface area contributed by atoms with Gasteiger partial charge in [0.2, 0.25) is 5.91 Å². The number of rotatable bonds is 6. The number of amides is 1. The van der Waals surface area contributed by atoms with Gasteiger partial charge in [-0.05, 0) is 51.0 Å². The van der Waals surface area contributed by atoms with E-state index in [-0.39, 0.29) is 11.5 Å². The molecule has 3 rings (SSSR count). The molecule has 2 heterocycles. The summed E-state index contributed by atoms with van der Waals surface area (Å²) in [6, 6.07) is 0.331. The smallest absolute Gasteiger partial charge is 0.263 e. The molecule has 1 aliphatic rings. The largest absolute Gasteiger partial charge is 0.342 e. The fourth-order valence-electron chi connectivity index (χ4n) is 3.77. The number of carbonyl (C=O) groups is 1. The number of thiophene rings is 1. The van der Waals surface area contributed by atoms with E-state index in [1.54, 1.807) is 10.6 Å². The van der Waals surface area contributed by atoms with Gasteiger partial charge in [0.1, 0.15) is 4.83 Å². The summed E-state index contributed by atoms with van der Waals surface area (Å²) in [5, 5.41) is 1.28. The molecule has 0 aliphatic heterocycles. The van der Waals surface area contributed by atoms with Crippen molar-refractivity contribution in [2.45, 2.75) is 64.2 Å². The van der Waals surface area contributed by atoms with Gasteiger partial charge in [-0.15, -0.1) is 17.9 Å². The van der Waals surface area contributed by atoms with Gasteiger partial charge >= 0.3 is 0 Å². The Hall–Kier alpha value is -1.60. The molecule has 7 heteroatoms. The Balaban J connectivity index is 1.79.